The SMILES string of the molecule is Fc1ccc(CN2C=CNC2)c(-c2ccc(F)c(Cl)c2)c1. The van der Waals surface area contributed by atoms with Crippen molar-refractivity contribution in [3.63, 3.8) is 0 Å². The first-order valence-corrected chi connectivity index (χ1v) is 6.89. The zero-order valence-electron chi connectivity index (χ0n) is 11.1. The third-order valence-electron chi connectivity index (χ3n) is 3.37. The minimum Gasteiger partial charge on any atom is -0.373 e. The van der Waals surface area contributed by atoms with E-state index in [0.29, 0.717) is 18.8 Å². The quantitative estimate of drug-likeness (QED) is 0.917. The fourth-order valence-corrected chi connectivity index (χ4v) is 2.51. The summed E-state index contributed by atoms with van der Waals surface area (Å²) in [5.74, 6) is -0.811. The standard InChI is InChI=1S/C16H13ClF2N2/c17-15-7-11(2-4-16(15)19)14-8-13(18)3-1-12(14)9-21-6-5-20-10-21/h1-8,20H,9-10H2. The van der Waals surface area contributed by atoms with Gasteiger partial charge in [-0.3, -0.25) is 0 Å². The van der Waals surface area contributed by atoms with Gasteiger partial charge in [0.15, 0.2) is 0 Å². The first kappa shape index (κ1) is 13.9. The van der Waals surface area contributed by atoms with Crippen molar-refractivity contribution < 1.29 is 8.78 Å². The van der Waals surface area contributed by atoms with Gasteiger partial charge in [0, 0.05) is 18.9 Å². The van der Waals surface area contributed by atoms with E-state index in [1.807, 2.05) is 12.4 Å². The van der Waals surface area contributed by atoms with E-state index in [1.54, 1.807) is 12.1 Å². The predicted molar refractivity (Wildman–Crippen MR) is 79.5 cm³/mol. The van der Waals surface area contributed by atoms with E-state index >= 15 is 0 Å². The molecule has 1 aliphatic rings. The van der Waals surface area contributed by atoms with Gasteiger partial charge in [0.25, 0.3) is 0 Å². The molecule has 0 unspecified atom stereocenters. The van der Waals surface area contributed by atoms with Crippen LogP contribution in [0, 0.1) is 11.6 Å². The second-order valence-corrected chi connectivity index (χ2v) is 5.26. The van der Waals surface area contributed by atoms with Crippen LogP contribution in [0.1, 0.15) is 5.56 Å². The van der Waals surface area contributed by atoms with Crippen LogP contribution in [0.5, 0.6) is 0 Å². The largest absolute Gasteiger partial charge is 0.373 e. The lowest BCUT2D eigenvalue weighted by molar-refractivity contribution is 0.385. The molecule has 0 radical (unpaired) electrons. The summed E-state index contributed by atoms with van der Waals surface area (Å²) >= 11 is 5.83. The van der Waals surface area contributed by atoms with Crippen LogP contribution >= 0.6 is 11.6 Å². The minimum absolute atomic E-state index is 0.0328. The highest BCUT2D eigenvalue weighted by Crippen LogP contribution is 2.29. The molecule has 1 heterocycles. The Morgan fingerprint density at radius 3 is 2.71 bits per heavy atom. The van der Waals surface area contributed by atoms with Gasteiger partial charge in [-0.2, -0.15) is 0 Å². The summed E-state index contributed by atoms with van der Waals surface area (Å²) in [7, 11) is 0. The monoisotopic (exact) mass is 306 g/mol. The Balaban J connectivity index is 2.00. The normalized spacial score (nSPS) is 13.6. The predicted octanol–water partition coefficient (Wildman–Crippen LogP) is 4.12. The van der Waals surface area contributed by atoms with Crippen molar-refractivity contribution in [2.75, 3.05) is 6.67 Å². The van der Waals surface area contributed by atoms with Crippen molar-refractivity contribution in [3.05, 3.63) is 71.0 Å². The smallest absolute Gasteiger partial charge is 0.141 e. The average molecular weight is 307 g/mol. The molecule has 0 atom stereocenters. The third kappa shape index (κ3) is 3.00. The Labute approximate surface area is 126 Å². The molecule has 1 N–H and O–H groups in total. The van der Waals surface area contributed by atoms with Gasteiger partial charge in [0.05, 0.1) is 11.7 Å². The van der Waals surface area contributed by atoms with Crippen LogP contribution in [-0.4, -0.2) is 11.6 Å². The molecule has 1 aliphatic heterocycles. The molecule has 0 aromatic heterocycles. The first-order valence-electron chi connectivity index (χ1n) is 6.51. The number of nitrogens with zero attached hydrogens (tertiary/aromatic N) is 1. The van der Waals surface area contributed by atoms with E-state index in [0.717, 1.165) is 11.1 Å². The summed E-state index contributed by atoms with van der Waals surface area (Å²) in [5, 5.41) is 3.11. The van der Waals surface area contributed by atoms with Crippen LogP contribution < -0.4 is 5.32 Å². The molecule has 3 rings (SSSR count). The second kappa shape index (κ2) is 5.74. The van der Waals surface area contributed by atoms with E-state index in [9.17, 15) is 8.78 Å². The highest BCUT2D eigenvalue weighted by molar-refractivity contribution is 6.31. The summed E-state index contributed by atoms with van der Waals surface area (Å²) in [6.45, 7) is 1.34. The molecule has 0 bridgehead atoms. The van der Waals surface area contributed by atoms with Crippen LogP contribution in [-0.2, 0) is 6.54 Å². The van der Waals surface area contributed by atoms with E-state index in [2.05, 4.69) is 10.2 Å². The van der Waals surface area contributed by atoms with Crippen molar-refractivity contribution in [3.8, 4) is 11.1 Å². The maximum atomic E-state index is 13.6. The summed E-state index contributed by atoms with van der Waals surface area (Å²) in [5.41, 5.74) is 2.37. The van der Waals surface area contributed by atoms with Gasteiger partial charge in [-0.25, -0.2) is 8.78 Å². The molecule has 108 valence electrons. The second-order valence-electron chi connectivity index (χ2n) is 4.86. The van der Waals surface area contributed by atoms with Crippen LogP contribution in [0.2, 0.25) is 5.02 Å². The molecule has 21 heavy (non-hydrogen) atoms. The molecule has 0 aliphatic carbocycles. The van der Waals surface area contributed by atoms with E-state index < -0.39 is 5.82 Å². The van der Waals surface area contributed by atoms with Crippen molar-refractivity contribution in [1.29, 1.82) is 0 Å². The Morgan fingerprint density at radius 1 is 1.14 bits per heavy atom. The van der Waals surface area contributed by atoms with Crippen molar-refractivity contribution in [2.24, 2.45) is 0 Å². The molecule has 0 fully saturated rings. The van der Waals surface area contributed by atoms with E-state index in [4.69, 9.17) is 11.6 Å². The fraction of sp³-hybridized carbons (Fsp3) is 0.125. The number of nitrogens with one attached hydrogen (secondary N) is 1. The minimum atomic E-state index is -0.481. The lowest BCUT2D eigenvalue weighted by Crippen LogP contribution is -2.20. The van der Waals surface area contributed by atoms with Crippen LogP contribution in [0.15, 0.2) is 48.8 Å². The molecule has 0 saturated carbocycles. The van der Waals surface area contributed by atoms with Gasteiger partial charge < -0.3 is 10.2 Å². The van der Waals surface area contributed by atoms with Gasteiger partial charge in [-0.1, -0.05) is 23.7 Å². The first-order chi connectivity index (χ1) is 10.1. The molecule has 0 spiro atoms. The topological polar surface area (TPSA) is 15.3 Å². The van der Waals surface area contributed by atoms with Crippen LogP contribution in [0.25, 0.3) is 11.1 Å². The lowest BCUT2D eigenvalue weighted by Gasteiger charge is -2.18. The van der Waals surface area contributed by atoms with Gasteiger partial charge in [-0.05, 0) is 41.0 Å². The number of hydrogen-bond donors (Lipinski definition) is 1. The van der Waals surface area contributed by atoms with E-state index in [1.165, 1.54) is 24.3 Å². The Bertz CT molecular complexity index is 701. The number of benzene rings is 2. The highest BCUT2D eigenvalue weighted by Gasteiger charge is 2.12. The summed E-state index contributed by atoms with van der Waals surface area (Å²) < 4.78 is 26.9. The van der Waals surface area contributed by atoms with Gasteiger partial charge in [0.1, 0.15) is 11.6 Å². The number of rotatable bonds is 3. The third-order valence-corrected chi connectivity index (χ3v) is 3.66. The molecule has 2 aromatic carbocycles. The molecule has 2 nitrogen and oxygen atoms in total. The molecular weight excluding hydrogens is 294 g/mol. The van der Waals surface area contributed by atoms with Crippen LogP contribution in [0.4, 0.5) is 8.78 Å². The maximum Gasteiger partial charge on any atom is 0.141 e. The van der Waals surface area contributed by atoms with E-state index in [-0.39, 0.29) is 10.8 Å². The Kier molecular flexibility index (Phi) is 3.80. The highest BCUT2D eigenvalue weighted by atomic mass is 35.5. The number of hydrogen-bond acceptors (Lipinski definition) is 2. The van der Waals surface area contributed by atoms with Gasteiger partial charge >= 0.3 is 0 Å². The molecule has 0 saturated heterocycles. The zero-order valence-corrected chi connectivity index (χ0v) is 11.9. The Morgan fingerprint density at radius 2 is 2.00 bits per heavy atom. The van der Waals surface area contributed by atoms with Gasteiger partial charge in [-0.15, -0.1) is 0 Å². The molecule has 2 aromatic rings. The zero-order chi connectivity index (χ0) is 14.8. The fourth-order valence-electron chi connectivity index (χ4n) is 2.33. The molecular formula is C16H13ClF2N2. The van der Waals surface area contributed by atoms with Crippen molar-refractivity contribution in [1.82, 2.24) is 10.2 Å². The summed E-state index contributed by atoms with van der Waals surface area (Å²) in [6, 6.07) is 9.05. The average Bonchev–Trinajstić information content (AvgIpc) is 2.97. The van der Waals surface area contributed by atoms with Crippen molar-refractivity contribution >= 4 is 11.6 Å². The summed E-state index contributed by atoms with van der Waals surface area (Å²) in [4.78, 5) is 2.06. The molecule has 5 heteroatoms. The molecule has 0 amide bonds. The van der Waals surface area contributed by atoms with Crippen LogP contribution in [0.3, 0.4) is 0 Å². The number of halogens is 3. The van der Waals surface area contributed by atoms with Gasteiger partial charge in [0.2, 0.25) is 0 Å². The maximum absolute atomic E-state index is 13.6. The summed E-state index contributed by atoms with van der Waals surface area (Å²) in [6.07, 6.45) is 3.79. The van der Waals surface area contributed by atoms with Crippen molar-refractivity contribution in [2.45, 2.75) is 6.54 Å². The lowest BCUT2D eigenvalue weighted by atomic mass is 9.99. The Hall–Kier alpha value is -2.07.